The Labute approximate surface area is 142 Å². The van der Waals surface area contributed by atoms with Gasteiger partial charge in [0.05, 0.1) is 0 Å². The highest BCUT2D eigenvalue weighted by Gasteiger charge is 2.15. The zero-order valence-corrected chi connectivity index (χ0v) is 14.2. The van der Waals surface area contributed by atoms with Crippen LogP contribution in [0, 0.1) is 13.8 Å². The van der Waals surface area contributed by atoms with Gasteiger partial charge >= 0.3 is 11.9 Å². The van der Waals surface area contributed by atoms with Crippen molar-refractivity contribution < 1.29 is 24.2 Å². The van der Waals surface area contributed by atoms with Crippen LogP contribution in [0.25, 0.3) is 0 Å². The maximum absolute atomic E-state index is 11.9. The van der Waals surface area contributed by atoms with Gasteiger partial charge < -0.3 is 14.6 Å². The molecule has 1 N–H and O–H groups in total. The second-order valence-corrected chi connectivity index (χ2v) is 5.95. The monoisotopic (exact) mass is 378 g/mol. The van der Waals surface area contributed by atoms with E-state index in [9.17, 15) is 9.59 Å². The van der Waals surface area contributed by atoms with Crippen LogP contribution < -0.4 is 9.47 Å². The van der Waals surface area contributed by atoms with E-state index in [-0.39, 0.29) is 17.9 Å². The molecule has 0 bridgehead atoms. The molecule has 0 spiro atoms. The Morgan fingerprint density at radius 1 is 1.09 bits per heavy atom. The predicted octanol–water partition coefficient (Wildman–Crippen LogP) is 3.75. The number of aromatic carboxylic acids is 1. The second kappa shape index (κ2) is 7.28. The summed E-state index contributed by atoms with van der Waals surface area (Å²) in [4.78, 5) is 23.0. The Bertz CT molecular complexity index is 734. The van der Waals surface area contributed by atoms with Gasteiger partial charge in [0.25, 0.3) is 0 Å². The first-order valence-corrected chi connectivity index (χ1v) is 7.59. The average molecular weight is 379 g/mol. The van der Waals surface area contributed by atoms with Gasteiger partial charge in [-0.1, -0.05) is 22.0 Å². The summed E-state index contributed by atoms with van der Waals surface area (Å²) >= 11 is 3.18. The van der Waals surface area contributed by atoms with Crippen LogP contribution >= 0.6 is 15.9 Å². The molecule has 0 atom stereocenters. The summed E-state index contributed by atoms with van der Waals surface area (Å²) in [5.41, 5.74) is 1.95. The van der Waals surface area contributed by atoms with Gasteiger partial charge in [0.2, 0.25) is 0 Å². The summed E-state index contributed by atoms with van der Waals surface area (Å²) in [6.07, 6.45) is 0. The summed E-state index contributed by atoms with van der Waals surface area (Å²) < 4.78 is 11.1. The SMILES string of the molecule is Cc1cc(C)cc(OCC(=O)Oc2ccc(Br)cc2C(=O)O)c1. The van der Waals surface area contributed by atoms with Gasteiger partial charge in [-0.05, 0) is 55.3 Å². The van der Waals surface area contributed by atoms with Crippen molar-refractivity contribution in [3.8, 4) is 11.5 Å². The number of halogens is 1. The van der Waals surface area contributed by atoms with Crippen molar-refractivity contribution in [2.24, 2.45) is 0 Å². The van der Waals surface area contributed by atoms with Gasteiger partial charge in [-0.15, -0.1) is 0 Å². The molecule has 0 unspecified atom stereocenters. The quantitative estimate of drug-likeness (QED) is 0.633. The Morgan fingerprint density at radius 2 is 1.74 bits per heavy atom. The molecule has 0 aliphatic heterocycles. The molecule has 0 aromatic heterocycles. The lowest BCUT2D eigenvalue weighted by Crippen LogP contribution is -2.19. The van der Waals surface area contributed by atoms with E-state index in [2.05, 4.69) is 15.9 Å². The molecule has 120 valence electrons. The van der Waals surface area contributed by atoms with Crippen LogP contribution in [-0.4, -0.2) is 23.7 Å². The Kier molecular flexibility index (Phi) is 5.39. The molecular weight excluding hydrogens is 364 g/mol. The number of aryl methyl sites for hydroxylation is 2. The maximum Gasteiger partial charge on any atom is 0.349 e. The van der Waals surface area contributed by atoms with Crippen molar-refractivity contribution in [3.63, 3.8) is 0 Å². The zero-order valence-electron chi connectivity index (χ0n) is 12.6. The number of ether oxygens (including phenoxy) is 2. The van der Waals surface area contributed by atoms with E-state index in [1.54, 1.807) is 6.07 Å². The number of hydrogen-bond donors (Lipinski definition) is 1. The third kappa shape index (κ3) is 4.82. The van der Waals surface area contributed by atoms with E-state index < -0.39 is 11.9 Å². The van der Waals surface area contributed by atoms with Gasteiger partial charge in [0.1, 0.15) is 17.1 Å². The molecule has 2 rings (SSSR count). The summed E-state index contributed by atoms with van der Waals surface area (Å²) in [6, 6.07) is 10.00. The summed E-state index contributed by atoms with van der Waals surface area (Å²) in [6.45, 7) is 3.55. The number of carboxylic acid groups (broad SMARTS) is 1. The van der Waals surface area contributed by atoms with E-state index >= 15 is 0 Å². The number of hydrogen-bond acceptors (Lipinski definition) is 4. The number of rotatable bonds is 5. The lowest BCUT2D eigenvalue weighted by Gasteiger charge is -2.10. The molecule has 0 amide bonds. The Morgan fingerprint density at radius 3 is 2.35 bits per heavy atom. The minimum atomic E-state index is -1.18. The van der Waals surface area contributed by atoms with Crippen molar-refractivity contribution in [2.75, 3.05) is 6.61 Å². The molecule has 0 aliphatic carbocycles. The molecule has 5 nitrogen and oxygen atoms in total. The zero-order chi connectivity index (χ0) is 17.0. The molecule has 0 radical (unpaired) electrons. The minimum absolute atomic E-state index is 0.0188. The average Bonchev–Trinajstić information content (AvgIpc) is 2.46. The smallest absolute Gasteiger partial charge is 0.349 e. The van der Waals surface area contributed by atoms with E-state index in [0.717, 1.165) is 11.1 Å². The Hall–Kier alpha value is -2.34. The summed E-state index contributed by atoms with van der Waals surface area (Å²) in [5, 5.41) is 9.13. The molecule has 0 saturated heterocycles. The molecule has 2 aromatic carbocycles. The van der Waals surface area contributed by atoms with E-state index in [1.807, 2.05) is 32.0 Å². The molecule has 0 heterocycles. The van der Waals surface area contributed by atoms with Crippen LogP contribution in [0.4, 0.5) is 0 Å². The highest BCUT2D eigenvalue weighted by molar-refractivity contribution is 9.10. The van der Waals surface area contributed by atoms with Crippen molar-refractivity contribution in [1.82, 2.24) is 0 Å². The molecule has 6 heteroatoms. The molecule has 0 fully saturated rings. The lowest BCUT2D eigenvalue weighted by atomic mass is 10.1. The third-order valence-corrected chi connectivity index (χ3v) is 3.44. The van der Waals surface area contributed by atoms with Crippen LogP contribution in [0.3, 0.4) is 0 Å². The van der Waals surface area contributed by atoms with Crippen LogP contribution in [0.5, 0.6) is 11.5 Å². The number of carboxylic acids is 1. The molecular formula is C17H15BrO5. The van der Waals surface area contributed by atoms with E-state index in [0.29, 0.717) is 10.2 Å². The van der Waals surface area contributed by atoms with E-state index in [4.69, 9.17) is 14.6 Å². The first kappa shape index (κ1) is 17.0. The fourth-order valence-corrected chi connectivity index (χ4v) is 2.43. The molecule has 2 aromatic rings. The number of benzene rings is 2. The van der Waals surface area contributed by atoms with Crippen LogP contribution in [-0.2, 0) is 4.79 Å². The number of carbonyl (C=O) groups is 2. The van der Waals surface area contributed by atoms with Gasteiger partial charge in [-0.3, -0.25) is 0 Å². The van der Waals surface area contributed by atoms with Gasteiger partial charge in [0, 0.05) is 4.47 Å². The normalized spacial score (nSPS) is 10.2. The van der Waals surface area contributed by atoms with Gasteiger partial charge in [-0.25, -0.2) is 9.59 Å². The highest BCUT2D eigenvalue weighted by atomic mass is 79.9. The standard InChI is InChI=1S/C17H15BrO5/c1-10-5-11(2)7-13(6-10)22-9-16(19)23-15-4-3-12(18)8-14(15)17(20)21/h3-8H,9H2,1-2H3,(H,20,21). The maximum atomic E-state index is 11.9. The van der Waals surface area contributed by atoms with Crippen molar-refractivity contribution in [1.29, 1.82) is 0 Å². The number of esters is 1. The fourth-order valence-electron chi connectivity index (χ4n) is 2.07. The third-order valence-electron chi connectivity index (χ3n) is 2.95. The summed E-state index contributed by atoms with van der Waals surface area (Å²) in [7, 11) is 0. The topological polar surface area (TPSA) is 72.8 Å². The van der Waals surface area contributed by atoms with Crippen LogP contribution in [0.1, 0.15) is 21.5 Å². The largest absolute Gasteiger partial charge is 0.482 e. The first-order valence-electron chi connectivity index (χ1n) is 6.80. The predicted molar refractivity (Wildman–Crippen MR) is 88.1 cm³/mol. The highest BCUT2D eigenvalue weighted by Crippen LogP contribution is 2.23. The molecule has 0 aliphatic rings. The first-order chi connectivity index (χ1) is 10.8. The molecule has 0 saturated carbocycles. The van der Waals surface area contributed by atoms with Gasteiger partial charge in [0.15, 0.2) is 6.61 Å². The Balaban J connectivity index is 2.04. The van der Waals surface area contributed by atoms with Crippen LogP contribution in [0.2, 0.25) is 0 Å². The molecule has 23 heavy (non-hydrogen) atoms. The minimum Gasteiger partial charge on any atom is -0.482 e. The van der Waals surface area contributed by atoms with Crippen LogP contribution in [0.15, 0.2) is 40.9 Å². The van der Waals surface area contributed by atoms with Crippen molar-refractivity contribution in [2.45, 2.75) is 13.8 Å². The fraction of sp³-hybridized carbons (Fsp3) is 0.176. The van der Waals surface area contributed by atoms with Crippen molar-refractivity contribution in [3.05, 3.63) is 57.6 Å². The lowest BCUT2D eigenvalue weighted by molar-refractivity contribution is -0.136. The van der Waals surface area contributed by atoms with E-state index in [1.165, 1.54) is 12.1 Å². The summed E-state index contributed by atoms with van der Waals surface area (Å²) in [5.74, 6) is -1.30. The van der Waals surface area contributed by atoms with Crippen molar-refractivity contribution >= 4 is 27.9 Å². The second-order valence-electron chi connectivity index (χ2n) is 5.03. The number of carbonyl (C=O) groups excluding carboxylic acids is 1. The van der Waals surface area contributed by atoms with Gasteiger partial charge in [-0.2, -0.15) is 0 Å².